The number of nitrogen functional groups attached to an aromatic ring is 1. The van der Waals surface area contributed by atoms with E-state index in [1.807, 2.05) is 0 Å². The number of nitrogens with two attached hydrogens (primary N) is 1. The number of pyridine rings is 3. The van der Waals surface area contributed by atoms with Crippen molar-refractivity contribution in [3.63, 3.8) is 0 Å². The average molecular weight is 740 g/mol. The molecule has 0 aromatic carbocycles. The van der Waals surface area contributed by atoms with Crippen LogP contribution in [0.3, 0.4) is 0 Å². The van der Waals surface area contributed by atoms with E-state index in [4.69, 9.17) is 80.9 Å². The molecule has 3 N–H and O–H groups in total. The lowest BCUT2D eigenvalue weighted by Gasteiger charge is -2.12. The molecular weight excluding hydrogens is 710 g/mol. The maximum absolute atomic E-state index is 10.7. The van der Waals surface area contributed by atoms with Crippen LogP contribution in [0.15, 0.2) is 36.8 Å². The van der Waals surface area contributed by atoms with Crippen molar-refractivity contribution < 1.29 is 38.6 Å². The van der Waals surface area contributed by atoms with Gasteiger partial charge in [0.15, 0.2) is 0 Å². The maximum atomic E-state index is 10.7. The summed E-state index contributed by atoms with van der Waals surface area (Å²) in [6, 6.07) is 4.00. The van der Waals surface area contributed by atoms with E-state index in [1.165, 1.54) is 24.7 Å². The summed E-state index contributed by atoms with van der Waals surface area (Å²) in [4.78, 5) is 31.0. The van der Waals surface area contributed by atoms with Crippen molar-refractivity contribution in [2.75, 3.05) is 45.4 Å². The minimum atomic E-state index is -0.638. The van der Waals surface area contributed by atoms with Gasteiger partial charge in [-0.3, -0.25) is 20.2 Å². The van der Waals surface area contributed by atoms with Gasteiger partial charge < -0.3 is 34.5 Å². The zero-order chi connectivity index (χ0) is 34.3. The Hall–Kier alpha value is -3.35. The van der Waals surface area contributed by atoms with Crippen LogP contribution in [0.25, 0.3) is 0 Å². The smallest absolute Gasteiger partial charge is 0.332 e. The molecule has 3 saturated heterocycles. The molecule has 3 aromatic heterocycles. The lowest BCUT2D eigenvalue weighted by molar-refractivity contribution is -0.386. The highest BCUT2D eigenvalue weighted by atomic mass is 35.5. The van der Waals surface area contributed by atoms with E-state index in [-0.39, 0.29) is 50.8 Å². The van der Waals surface area contributed by atoms with Gasteiger partial charge in [0.1, 0.15) is 12.2 Å². The molecule has 256 valence electrons. The van der Waals surface area contributed by atoms with E-state index in [1.54, 1.807) is 6.07 Å². The zero-order valence-corrected chi connectivity index (χ0v) is 27.5. The van der Waals surface area contributed by atoms with Gasteiger partial charge in [-0.05, 0) is 12.5 Å². The van der Waals surface area contributed by atoms with Crippen LogP contribution in [0.4, 0.5) is 17.1 Å². The third kappa shape index (κ3) is 13.4. The van der Waals surface area contributed by atoms with E-state index in [2.05, 4.69) is 15.0 Å². The maximum Gasteiger partial charge on any atom is 0.332 e. The van der Waals surface area contributed by atoms with Crippen molar-refractivity contribution in [1.29, 1.82) is 0 Å². The predicted octanol–water partition coefficient (Wildman–Crippen LogP) is 5.36. The Morgan fingerprint density at radius 2 is 1.19 bits per heavy atom. The highest BCUT2D eigenvalue weighted by Crippen LogP contribution is 2.29. The summed E-state index contributed by atoms with van der Waals surface area (Å²) >= 11 is 22.2. The van der Waals surface area contributed by atoms with Gasteiger partial charge in [-0.25, -0.2) is 15.0 Å². The SMILES string of the molecule is Nc1cc(Cl)cnc1OC1CCOC1.O=[N+]([O-])c1cc(Cl)cnc1Cl.O=[N+]([O-])c1cc(Cl)cnc1OC1CCOC1.OC1CCOC1. The highest BCUT2D eigenvalue weighted by molar-refractivity contribution is 6.33. The average Bonchev–Trinajstić information content (AvgIpc) is 3.83. The number of aliphatic hydroxyl groups is 1. The van der Waals surface area contributed by atoms with Crippen molar-refractivity contribution in [1.82, 2.24) is 15.0 Å². The van der Waals surface area contributed by atoms with Gasteiger partial charge in [0.25, 0.3) is 5.88 Å². The number of aliphatic hydroxyl groups excluding tert-OH is 1. The minimum absolute atomic E-state index is 0.00935. The molecule has 3 unspecified atom stereocenters. The first kappa shape index (κ1) is 38.1. The predicted molar refractivity (Wildman–Crippen MR) is 172 cm³/mol. The lowest BCUT2D eigenvalue weighted by atomic mass is 10.3. The summed E-state index contributed by atoms with van der Waals surface area (Å²) in [5, 5.41) is 30.3. The van der Waals surface area contributed by atoms with E-state index < -0.39 is 9.85 Å². The Labute approximate surface area is 288 Å². The number of aromatic nitrogens is 3. The van der Waals surface area contributed by atoms with Crippen molar-refractivity contribution >= 4 is 63.5 Å². The summed E-state index contributed by atoms with van der Waals surface area (Å²) in [5.41, 5.74) is 5.65. The molecule has 3 aromatic rings. The molecule has 16 nitrogen and oxygen atoms in total. The van der Waals surface area contributed by atoms with Crippen LogP contribution < -0.4 is 15.2 Å². The van der Waals surface area contributed by atoms with Gasteiger partial charge in [0.2, 0.25) is 11.0 Å². The van der Waals surface area contributed by atoms with E-state index in [0.717, 1.165) is 32.1 Å². The Kier molecular flexibility index (Phi) is 15.8. The van der Waals surface area contributed by atoms with Crippen molar-refractivity contribution in [2.45, 2.75) is 37.6 Å². The second-order valence-corrected chi connectivity index (χ2v) is 11.4. The van der Waals surface area contributed by atoms with Gasteiger partial charge in [-0.1, -0.05) is 46.4 Å². The number of hydrogen-bond donors (Lipinski definition) is 2. The topological polar surface area (TPSA) is 217 Å². The second kappa shape index (κ2) is 19.5. The molecule has 0 spiro atoms. The highest BCUT2D eigenvalue weighted by Gasteiger charge is 2.24. The summed E-state index contributed by atoms with van der Waals surface area (Å²) in [7, 11) is 0. The van der Waals surface area contributed by atoms with Crippen molar-refractivity contribution in [2.24, 2.45) is 0 Å². The molecule has 0 saturated carbocycles. The molecule has 0 radical (unpaired) electrons. The van der Waals surface area contributed by atoms with E-state index in [0.29, 0.717) is 49.4 Å². The number of nitro groups is 2. The Bertz CT molecular complexity index is 1480. The number of halogens is 4. The van der Waals surface area contributed by atoms with Gasteiger partial charge in [0.05, 0.1) is 75.9 Å². The Balaban J connectivity index is 0.000000178. The fraction of sp³-hybridized carbons (Fsp3) is 0.444. The fourth-order valence-corrected chi connectivity index (χ4v) is 4.41. The third-order valence-electron chi connectivity index (χ3n) is 6.06. The summed E-state index contributed by atoms with van der Waals surface area (Å²) in [6.07, 6.45) is 6.20. The Morgan fingerprint density at radius 1 is 0.723 bits per heavy atom. The van der Waals surface area contributed by atoms with E-state index in [9.17, 15) is 20.2 Å². The number of anilines is 1. The van der Waals surface area contributed by atoms with Crippen molar-refractivity contribution in [3.8, 4) is 11.8 Å². The molecule has 3 fully saturated rings. The zero-order valence-electron chi connectivity index (χ0n) is 24.5. The molecule has 20 heteroatoms. The van der Waals surface area contributed by atoms with E-state index >= 15 is 0 Å². The summed E-state index contributed by atoms with van der Waals surface area (Å²) < 4.78 is 26.0. The van der Waals surface area contributed by atoms with Crippen LogP contribution in [0, 0.1) is 20.2 Å². The molecule has 3 aliphatic rings. The van der Waals surface area contributed by atoms with Gasteiger partial charge in [-0.15, -0.1) is 0 Å². The monoisotopic (exact) mass is 738 g/mol. The van der Waals surface area contributed by atoms with Gasteiger partial charge in [-0.2, -0.15) is 0 Å². The first-order valence-electron chi connectivity index (χ1n) is 13.8. The number of ether oxygens (including phenoxy) is 5. The third-order valence-corrected chi connectivity index (χ3v) is 6.97. The molecule has 6 rings (SSSR count). The fourth-order valence-electron chi connectivity index (χ4n) is 3.77. The molecule has 0 bridgehead atoms. The molecule has 3 aliphatic heterocycles. The van der Waals surface area contributed by atoms with Crippen LogP contribution in [0.2, 0.25) is 20.2 Å². The normalized spacial score (nSPS) is 19.6. The summed E-state index contributed by atoms with van der Waals surface area (Å²) in [6.45, 7) is 3.65. The summed E-state index contributed by atoms with van der Waals surface area (Å²) in [5.74, 6) is 0.426. The van der Waals surface area contributed by atoms with Crippen LogP contribution in [-0.4, -0.2) is 87.9 Å². The molecule has 47 heavy (non-hydrogen) atoms. The second-order valence-electron chi connectivity index (χ2n) is 9.73. The van der Waals surface area contributed by atoms with Crippen LogP contribution in [-0.2, 0) is 14.2 Å². The molecule has 6 heterocycles. The largest absolute Gasteiger partial charge is 0.470 e. The quantitative estimate of drug-likeness (QED) is 0.185. The van der Waals surface area contributed by atoms with Crippen LogP contribution in [0.1, 0.15) is 19.3 Å². The number of rotatable bonds is 6. The number of hydrogen-bond acceptors (Lipinski definition) is 14. The number of nitrogens with zero attached hydrogens (tertiary/aromatic N) is 5. The van der Waals surface area contributed by atoms with Gasteiger partial charge in [0, 0.05) is 44.0 Å². The lowest BCUT2D eigenvalue weighted by Crippen LogP contribution is -2.17. The minimum Gasteiger partial charge on any atom is -0.470 e. The standard InChI is InChI=1S/C9H9ClN2O4.C9H11ClN2O2.C5H2Cl2N2O2.C4H8O2/c10-6-3-8(12(13)14)9(11-4-6)16-7-1-2-15-5-7;10-6-3-8(11)9(12-4-6)14-7-1-2-13-5-7;6-3-1-4(9(10)11)5(7)8-2-3;5-4-1-2-6-3-4/h3-4,7H,1-2,5H2;3-4,7H,1-2,5,11H2;1-2H;4-5H,1-3H2. The Morgan fingerprint density at radius 3 is 1.62 bits per heavy atom. The van der Waals surface area contributed by atoms with Gasteiger partial charge >= 0.3 is 11.4 Å². The van der Waals surface area contributed by atoms with Crippen LogP contribution in [0.5, 0.6) is 11.8 Å². The molecular formula is C27H30Cl4N6O10. The first-order chi connectivity index (χ1) is 22.4. The molecule has 3 atom stereocenters. The molecule has 0 aliphatic carbocycles. The molecule has 0 amide bonds. The van der Waals surface area contributed by atoms with Crippen LogP contribution >= 0.6 is 46.4 Å². The van der Waals surface area contributed by atoms with Crippen molar-refractivity contribution in [3.05, 3.63) is 77.2 Å². The first-order valence-corrected chi connectivity index (χ1v) is 15.3.